The van der Waals surface area contributed by atoms with Gasteiger partial charge >= 0.3 is 12.2 Å². The number of halogens is 1. The van der Waals surface area contributed by atoms with Gasteiger partial charge in [-0.05, 0) is 66.5 Å². The van der Waals surface area contributed by atoms with E-state index in [0.717, 1.165) is 44.5 Å². The first-order chi connectivity index (χ1) is 24.8. The minimum atomic E-state index is -0.525. The Balaban J connectivity index is 0.000000306. The molecule has 0 aliphatic rings. The van der Waals surface area contributed by atoms with Crippen LogP contribution in [0.5, 0.6) is 5.88 Å². The van der Waals surface area contributed by atoms with E-state index in [-0.39, 0.29) is 24.9 Å². The average Bonchev–Trinajstić information content (AvgIpc) is 3.51. The van der Waals surface area contributed by atoms with Crippen LogP contribution in [0.4, 0.5) is 9.59 Å². The standard InChI is InChI=1S/C19H27N3O4.C12H14N2O2.C7H14BrNO2/c1-13-16(15-8-6-14(12-23)7-9-15)22(5)21-17(13)25-11-10-20-18(24)26-19(2,3)4;1-8-11(14(2)13-12(8)16)10-5-3-9(7-15)4-6-10;1-7(2,3)11-6(10)9-5-4-8/h6-9,23H,10-12H2,1-5H3,(H,20,24);3-6,15H,7H2,1-2H3,(H,13,16);4-5H2,1-3H3,(H,9,10). The number of aryl methyl sites for hydroxylation is 2. The SMILES string of the molecule is CC(C)(C)OC(=O)NCCBr.Cc1c(-c2ccc(CO)cc2)n(C)[nH]c1=O.Cc1c(OCCNC(=O)OC(C)(C)C)nn(C)c1-c1ccc(CO)cc1. The molecular weight excluding hydrogens is 748 g/mol. The lowest BCUT2D eigenvalue weighted by Gasteiger charge is -2.19. The van der Waals surface area contributed by atoms with E-state index >= 15 is 0 Å². The van der Waals surface area contributed by atoms with Crippen molar-refractivity contribution < 1.29 is 34.0 Å². The Hall–Kier alpha value is -4.60. The monoisotopic (exact) mass is 802 g/mol. The molecule has 292 valence electrons. The molecule has 0 radical (unpaired) electrons. The molecule has 2 aromatic heterocycles. The summed E-state index contributed by atoms with van der Waals surface area (Å²) in [6, 6.07) is 15.2. The van der Waals surface area contributed by atoms with Crippen molar-refractivity contribution in [1.29, 1.82) is 0 Å². The van der Waals surface area contributed by atoms with Crippen molar-refractivity contribution in [2.75, 3.05) is 25.0 Å². The van der Waals surface area contributed by atoms with Crippen molar-refractivity contribution in [2.24, 2.45) is 14.1 Å². The lowest BCUT2D eigenvalue weighted by atomic mass is 10.1. The van der Waals surface area contributed by atoms with E-state index < -0.39 is 17.3 Å². The van der Waals surface area contributed by atoms with Crippen LogP contribution in [0.2, 0.25) is 0 Å². The Morgan fingerprint density at radius 1 is 0.774 bits per heavy atom. The number of aliphatic hydroxyl groups is 2. The van der Waals surface area contributed by atoms with Gasteiger partial charge in [0.25, 0.3) is 5.56 Å². The van der Waals surface area contributed by atoms with E-state index in [1.807, 2.05) is 111 Å². The van der Waals surface area contributed by atoms with Crippen LogP contribution in [0.15, 0.2) is 53.3 Å². The predicted molar refractivity (Wildman–Crippen MR) is 209 cm³/mol. The molecule has 0 saturated heterocycles. The maximum Gasteiger partial charge on any atom is 0.407 e. The largest absolute Gasteiger partial charge is 0.475 e. The van der Waals surface area contributed by atoms with E-state index in [1.54, 1.807) is 16.3 Å². The molecule has 0 atom stereocenters. The summed E-state index contributed by atoms with van der Waals surface area (Å²) in [5, 5.41) is 31.2. The van der Waals surface area contributed by atoms with Gasteiger partial charge in [-0.3, -0.25) is 19.3 Å². The molecule has 0 unspecified atom stereocenters. The fourth-order valence-corrected chi connectivity index (χ4v) is 5.02. The van der Waals surface area contributed by atoms with Crippen LogP contribution < -0.4 is 20.9 Å². The molecule has 53 heavy (non-hydrogen) atoms. The summed E-state index contributed by atoms with van der Waals surface area (Å²) in [5.74, 6) is 0.528. The number of H-pyrrole nitrogens is 1. The summed E-state index contributed by atoms with van der Waals surface area (Å²) < 4.78 is 19.3. The van der Waals surface area contributed by atoms with Crippen LogP contribution in [0.25, 0.3) is 22.5 Å². The first-order valence-corrected chi connectivity index (χ1v) is 18.2. The van der Waals surface area contributed by atoms with Gasteiger partial charge in [-0.25, -0.2) is 9.59 Å². The highest BCUT2D eigenvalue weighted by atomic mass is 79.9. The highest BCUT2D eigenvalue weighted by molar-refractivity contribution is 9.09. The lowest BCUT2D eigenvalue weighted by molar-refractivity contribution is 0.0513. The van der Waals surface area contributed by atoms with Gasteiger partial charge in [-0.2, -0.15) is 0 Å². The van der Waals surface area contributed by atoms with E-state index in [1.165, 1.54) is 0 Å². The minimum absolute atomic E-state index is 0.0175. The number of alkyl carbamates (subject to hydrolysis) is 2. The van der Waals surface area contributed by atoms with Crippen LogP contribution in [0.3, 0.4) is 0 Å². The molecule has 0 fully saturated rings. The number of alkyl halides is 1. The van der Waals surface area contributed by atoms with Gasteiger partial charge in [0.05, 0.1) is 31.1 Å². The predicted octanol–water partition coefficient (Wildman–Crippen LogP) is 5.88. The van der Waals surface area contributed by atoms with Crippen LogP contribution in [0, 0.1) is 13.8 Å². The van der Waals surface area contributed by atoms with Gasteiger partial charge in [-0.1, -0.05) is 64.5 Å². The average molecular weight is 804 g/mol. The molecule has 0 aliphatic carbocycles. The third-order valence-electron chi connectivity index (χ3n) is 7.13. The van der Waals surface area contributed by atoms with Crippen molar-refractivity contribution >= 4 is 28.1 Å². The van der Waals surface area contributed by atoms with Crippen LogP contribution in [0.1, 0.15) is 63.8 Å². The smallest absolute Gasteiger partial charge is 0.407 e. The number of carbonyl (C=O) groups is 2. The zero-order valence-corrected chi connectivity index (χ0v) is 34.0. The number of nitrogens with one attached hydrogen (secondary N) is 3. The van der Waals surface area contributed by atoms with Crippen molar-refractivity contribution in [2.45, 2.75) is 79.8 Å². The number of aliphatic hydroxyl groups excluding tert-OH is 2. The number of hydrogen-bond acceptors (Lipinski definition) is 9. The zero-order valence-electron chi connectivity index (χ0n) is 32.4. The summed E-state index contributed by atoms with van der Waals surface area (Å²) in [6.07, 6.45) is -0.833. The normalized spacial score (nSPS) is 11.0. The highest BCUT2D eigenvalue weighted by Gasteiger charge is 2.18. The Morgan fingerprint density at radius 2 is 1.23 bits per heavy atom. The van der Waals surface area contributed by atoms with Gasteiger partial charge in [-0.15, -0.1) is 5.10 Å². The second-order valence-electron chi connectivity index (χ2n) is 14.0. The second-order valence-corrected chi connectivity index (χ2v) is 14.8. The second kappa shape index (κ2) is 20.6. The molecule has 15 heteroatoms. The van der Waals surface area contributed by atoms with Crippen molar-refractivity contribution in [3.8, 4) is 28.4 Å². The van der Waals surface area contributed by atoms with Crippen molar-refractivity contribution in [3.05, 3.63) is 81.1 Å². The number of amides is 2. The topological polar surface area (TPSA) is 182 Å². The van der Waals surface area contributed by atoms with Crippen LogP contribution >= 0.6 is 15.9 Å². The quantitative estimate of drug-likeness (QED) is 0.0967. The first kappa shape index (κ1) is 44.6. The molecular formula is C38H55BrN6O8. The number of carbonyl (C=O) groups excluding carboxylic acids is 2. The summed E-state index contributed by atoms with van der Waals surface area (Å²) in [7, 11) is 3.66. The lowest BCUT2D eigenvalue weighted by Crippen LogP contribution is -2.34. The molecule has 2 aromatic carbocycles. The summed E-state index contributed by atoms with van der Waals surface area (Å²) in [6.45, 7) is 15.9. The fraction of sp³-hybridized carbons (Fsp3) is 0.474. The first-order valence-electron chi connectivity index (χ1n) is 17.1. The molecule has 4 rings (SSSR count). The van der Waals surface area contributed by atoms with Gasteiger partial charge in [0.15, 0.2) is 0 Å². The van der Waals surface area contributed by atoms with Crippen molar-refractivity contribution in [3.63, 3.8) is 0 Å². The highest BCUT2D eigenvalue weighted by Crippen LogP contribution is 2.29. The van der Waals surface area contributed by atoms with E-state index in [4.69, 9.17) is 24.4 Å². The van der Waals surface area contributed by atoms with Gasteiger partial charge in [0, 0.05) is 48.2 Å². The maximum absolute atomic E-state index is 11.6. The Bertz CT molecular complexity index is 1800. The van der Waals surface area contributed by atoms with Crippen molar-refractivity contribution in [1.82, 2.24) is 30.2 Å². The third-order valence-corrected chi connectivity index (χ3v) is 7.53. The number of nitrogens with zero attached hydrogens (tertiary/aromatic N) is 3. The molecule has 5 N–H and O–H groups in total. The van der Waals surface area contributed by atoms with Crippen LogP contribution in [-0.2, 0) is 36.8 Å². The minimum Gasteiger partial charge on any atom is -0.475 e. The molecule has 0 spiro atoms. The number of benzene rings is 2. The van der Waals surface area contributed by atoms with Gasteiger partial charge in [0.1, 0.15) is 17.8 Å². The molecule has 0 bridgehead atoms. The summed E-state index contributed by atoms with van der Waals surface area (Å²) in [4.78, 5) is 33.9. The molecule has 2 amide bonds. The van der Waals surface area contributed by atoms with Gasteiger partial charge < -0.3 is 35.1 Å². The Labute approximate surface area is 320 Å². The zero-order chi connectivity index (χ0) is 39.9. The number of aromatic nitrogens is 4. The van der Waals surface area contributed by atoms with Crippen LogP contribution in [-0.4, -0.2) is 78.2 Å². The van der Waals surface area contributed by atoms with E-state index in [0.29, 0.717) is 31.1 Å². The molecule has 4 aromatic rings. The number of hydrogen-bond donors (Lipinski definition) is 5. The fourth-order valence-electron chi connectivity index (χ4n) is 4.82. The van der Waals surface area contributed by atoms with E-state index in [2.05, 4.69) is 36.8 Å². The number of ether oxygens (including phenoxy) is 3. The maximum atomic E-state index is 11.6. The van der Waals surface area contributed by atoms with Gasteiger partial charge in [0.2, 0.25) is 5.88 Å². The Morgan fingerprint density at radius 3 is 1.62 bits per heavy atom. The number of rotatable bonds is 10. The third kappa shape index (κ3) is 15.1. The van der Waals surface area contributed by atoms with E-state index in [9.17, 15) is 14.4 Å². The molecule has 0 saturated carbocycles. The molecule has 0 aliphatic heterocycles. The Kier molecular flexibility index (Phi) is 17.3. The summed E-state index contributed by atoms with van der Waals surface area (Å²) in [5.41, 5.74) is 6.15. The summed E-state index contributed by atoms with van der Waals surface area (Å²) >= 11 is 3.19. The molecule has 14 nitrogen and oxygen atoms in total. The number of aromatic amines is 1. The molecule has 2 heterocycles.